The molecule has 0 unspecified atom stereocenters. The first kappa shape index (κ1) is 14.2. The van der Waals surface area contributed by atoms with Gasteiger partial charge in [0.05, 0.1) is 4.88 Å². The number of carboxylic acid groups (broad SMARTS) is 1. The smallest absolute Gasteiger partial charge is 0.325 e. The fraction of sp³-hybridized carbons (Fsp3) is 0.333. The van der Waals surface area contributed by atoms with Gasteiger partial charge in [-0.3, -0.25) is 14.9 Å². The molecule has 2 rings (SSSR count). The van der Waals surface area contributed by atoms with Gasteiger partial charge in [0.15, 0.2) is 0 Å². The Morgan fingerprint density at radius 3 is 2.95 bits per heavy atom. The van der Waals surface area contributed by atoms with Gasteiger partial charge < -0.3 is 5.11 Å². The predicted octanol–water partition coefficient (Wildman–Crippen LogP) is 1.63. The Labute approximate surface area is 119 Å². The van der Waals surface area contributed by atoms with E-state index in [-0.39, 0.29) is 18.4 Å². The van der Waals surface area contributed by atoms with Gasteiger partial charge in [-0.2, -0.15) is 0 Å². The van der Waals surface area contributed by atoms with Crippen LogP contribution in [0.25, 0.3) is 0 Å². The van der Waals surface area contributed by atoms with Crippen LogP contribution in [0, 0.1) is 0 Å². The first-order valence-electron chi connectivity index (χ1n) is 6.09. The summed E-state index contributed by atoms with van der Waals surface area (Å²) in [6.45, 7) is 1.79. The lowest BCUT2D eigenvalue weighted by atomic mass is 10.3. The summed E-state index contributed by atoms with van der Waals surface area (Å²) in [5, 5.41) is 15.0. The average molecular weight is 294 g/mol. The number of aryl methyl sites for hydroxylation is 1. The number of carbonyl (C=O) groups excluding carboxylic acids is 1. The number of amides is 1. The number of nitrogens with zero attached hydrogens (tertiary/aromatic N) is 3. The SMILES string of the molecule is CCCc1ccc(C(=O)Nc2ncn(CC(=O)O)n2)s1. The lowest BCUT2D eigenvalue weighted by molar-refractivity contribution is -0.137. The van der Waals surface area contributed by atoms with Crippen molar-refractivity contribution in [1.82, 2.24) is 14.8 Å². The molecule has 0 atom stereocenters. The van der Waals surface area contributed by atoms with E-state index in [2.05, 4.69) is 22.3 Å². The molecule has 20 heavy (non-hydrogen) atoms. The molecule has 0 fully saturated rings. The van der Waals surface area contributed by atoms with Gasteiger partial charge >= 0.3 is 5.97 Å². The van der Waals surface area contributed by atoms with Gasteiger partial charge in [0.25, 0.3) is 5.91 Å². The van der Waals surface area contributed by atoms with Crippen molar-refractivity contribution in [2.24, 2.45) is 0 Å². The number of hydrogen-bond donors (Lipinski definition) is 2. The van der Waals surface area contributed by atoms with Crippen LogP contribution in [0.2, 0.25) is 0 Å². The highest BCUT2D eigenvalue weighted by molar-refractivity contribution is 7.14. The number of aromatic nitrogens is 3. The van der Waals surface area contributed by atoms with Crippen LogP contribution >= 0.6 is 11.3 Å². The van der Waals surface area contributed by atoms with Crippen LogP contribution < -0.4 is 5.32 Å². The van der Waals surface area contributed by atoms with Gasteiger partial charge in [-0.25, -0.2) is 9.67 Å². The summed E-state index contributed by atoms with van der Waals surface area (Å²) < 4.78 is 1.15. The van der Waals surface area contributed by atoms with Crippen LogP contribution in [0.1, 0.15) is 27.9 Å². The second-order valence-electron chi connectivity index (χ2n) is 4.13. The average Bonchev–Trinajstić information content (AvgIpc) is 2.99. The van der Waals surface area contributed by atoms with E-state index >= 15 is 0 Å². The minimum Gasteiger partial charge on any atom is -0.480 e. The molecule has 0 saturated carbocycles. The molecule has 0 aliphatic heterocycles. The second-order valence-corrected chi connectivity index (χ2v) is 5.30. The maximum Gasteiger partial charge on any atom is 0.325 e. The zero-order valence-electron chi connectivity index (χ0n) is 10.9. The van der Waals surface area contributed by atoms with E-state index in [1.54, 1.807) is 6.07 Å². The summed E-state index contributed by atoms with van der Waals surface area (Å²) in [7, 11) is 0. The van der Waals surface area contributed by atoms with E-state index in [1.807, 2.05) is 6.07 Å². The summed E-state index contributed by atoms with van der Waals surface area (Å²) in [5.74, 6) is -1.21. The molecule has 0 aliphatic carbocycles. The van der Waals surface area contributed by atoms with Crippen molar-refractivity contribution in [3.63, 3.8) is 0 Å². The second kappa shape index (κ2) is 6.29. The summed E-state index contributed by atoms with van der Waals surface area (Å²) in [6, 6.07) is 3.69. The first-order valence-corrected chi connectivity index (χ1v) is 6.91. The van der Waals surface area contributed by atoms with Crippen molar-refractivity contribution in [3.8, 4) is 0 Å². The number of aliphatic carboxylic acids is 1. The molecular weight excluding hydrogens is 280 g/mol. The number of nitrogens with one attached hydrogen (secondary N) is 1. The monoisotopic (exact) mass is 294 g/mol. The number of anilines is 1. The van der Waals surface area contributed by atoms with Crippen LogP contribution in [-0.4, -0.2) is 31.7 Å². The molecule has 0 radical (unpaired) electrons. The minimum absolute atomic E-state index is 0.0988. The molecule has 0 aliphatic rings. The van der Waals surface area contributed by atoms with Gasteiger partial charge in [0.1, 0.15) is 12.9 Å². The molecule has 0 saturated heterocycles. The summed E-state index contributed by atoms with van der Waals surface area (Å²) in [6.07, 6.45) is 3.24. The van der Waals surface area contributed by atoms with E-state index in [0.29, 0.717) is 4.88 Å². The number of rotatable bonds is 6. The molecule has 0 spiro atoms. The van der Waals surface area contributed by atoms with Gasteiger partial charge in [0, 0.05) is 4.88 Å². The number of hydrogen-bond acceptors (Lipinski definition) is 5. The van der Waals surface area contributed by atoms with Crippen molar-refractivity contribution in [1.29, 1.82) is 0 Å². The van der Waals surface area contributed by atoms with E-state index < -0.39 is 5.97 Å². The quantitative estimate of drug-likeness (QED) is 0.844. The van der Waals surface area contributed by atoms with E-state index in [4.69, 9.17) is 5.11 Å². The van der Waals surface area contributed by atoms with E-state index in [0.717, 1.165) is 22.4 Å². The predicted molar refractivity (Wildman–Crippen MR) is 73.9 cm³/mol. The zero-order chi connectivity index (χ0) is 14.5. The molecule has 0 bridgehead atoms. The van der Waals surface area contributed by atoms with Gasteiger partial charge in [-0.15, -0.1) is 16.4 Å². The molecule has 2 aromatic rings. The van der Waals surface area contributed by atoms with Crippen LogP contribution in [0.3, 0.4) is 0 Å². The Morgan fingerprint density at radius 2 is 2.25 bits per heavy atom. The highest BCUT2D eigenvalue weighted by Crippen LogP contribution is 2.18. The van der Waals surface area contributed by atoms with Crippen LogP contribution in [0.15, 0.2) is 18.5 Å². The zero-order valence-corrected chi connectivity index (χ0v) is 11.7. The number of carboxylic acids is 1. The molecule has 8 heteroatoms. The molecule has 1 amide bonds. The third kappa shape index (κ3) is 3.64. The summed E-state index contributed by atoms with van der Waals surface area (Å²) >= 11 is 1.43. The Balaban J connectivity index is 1.99. The fourth-order valence-corrected chi connectivity index (χ4v) is 2.62. The largest absolute Gasteiger partial charge is 0.480 e. The van der Waals surface area contributed by atoms with Gasteiger partial charge in [-0.1, -0.05) is 13.3 Å². The number of carbonyl (C=O) groups is 2. The minimum atomic E-state index is -1.02. The number of thiophene rings is 1. The highest BCUT2D eigenvalue weighted by atomic mass is 32.1. The Kier molecular flexibility index (Phi) is 4.46. The van der Waals surface area contributed by atoms with Crippen molar-refractivity contribution >= 4 is 29.2 Å². The lowest BCUT2D eigenvalue weighted by Gasteiger charge is -1.97. The first-order chi connectivity index (χ1) is 9.58. The molecule has 2 aromatic heterocycles. The fourth-order valence-electron chi connectivity index (χ4n) is 1.61. The Hall–Kier alpha value is -2.22. The molecule has 106 valence electrons. The third-order valence-electron chi connectivity index (χ3n) is 2.44. The standard InChI is InChI=1S/C12H14N4O3S/c1-2-3-8-4-5-9(20-8)11(19)14-12-13-7-16(15-12)6-10(17)18/h4-5,7H,2-3,6H2,1H3,(H,17,18)(H,14,15,19). The van der Waals surface area contributed by atoms with Crippen LogP contribution in [-0.2, 0) is 17.8 Å². The van der Waals surface area contributed by atoms with E-state index in [1.165, 1.54) is 17.7 Å². The van der Waals surface area contributed by atoms with Crippen LogP contribution in [0.5, 0.6) is 0 Å². The summed E-state index contributed by atoms with van der Waals surface area (Å²) in [4.78, 5) is 28.0. The van der Waals surface area contributed by atoms with Crippen LogP contribution in [0.4, 0.5) is 5.95 Å². The molecule has 7 nitrogen and oxygen atoms in total. The maximum atomic E-state index is 12.0. The normalized spacial score (nSPS) is 10.4. The molecule has 2 heterocycles. The molecule has 0 aromatic carbocycles. The lowest BCUT2D eigenvalue weighted by Crippen LogP contribution is -2.13. The highest BCUT2D eigenvalue weighted by Gasteiger charge is 2.12. The van der Waals surface area contributed by atoms with Gasteiger partial charge in [0.2, 0.25) is 5.95 Å². The van der Waals surface area contributed by atoms with E-state index in [9.17, 15) is 9.59 Å². The van der Waals surface area contributed by atoms with Crippen molar-refractivity contribution in [2.45, 2.75) is 26.3 Å². The topological polar surface area (TPSA) is 97.1 Å². The van der Waals surface area contributed by atoms with Crippen molar-refractivity contribution in [2.75, 3.05) is 5.32 Å². The molecular formula is C12H14N4O3S. The van der Waals surface area contributed by atoms with Crippen molar-refractivity contribution < 1.29 is 14.7 Å². The third-order valence-corrected chi connectivity index (χ3v) is 3.58. The maximum absolute atomic E-state index is 12.0. The molecule has 2 N–H and O–H groups in total. The summed E-state index contributed by atoms with van der Waals surface area (Å²) in [5.41, 5.74) is 0. The Bertz CT molecular complexity index is 620. The van der Waals surface area contributed by atoms with Gasteiger partial charge in [-0.05, 0) is 18.6 Å². The Morgan fingerprint density at radius 1 is 1.45 bits per heavy atom. The van der Waals surface area contributed by atoms with Crippen molar-refractivity contribution in [3.05, 3.63) is 28.2 Å².